The monoisotopic (exact) mass is 390 g/mol. The Morgan fingerprint density at radius 3 is 2.89 bits per heavy atom. The summed E-state index contributed by atoms with van der Waals surface area (Å²) in [6.07, 6.45) is -0.893. The first kappa shape index (κ1) is 19.6. The van der Waals surface area contributed by atoms with Crippen molar-refractivity contribution in [2.75, 3.05) is 36.0 Å². The van der Waals surface area contributed by atoms with Crippen molar-refractivity contribution in [3.05, 3.63) is 47.2 Å². The highest BCUT2D eigenvalue weighted by Crippen LogP contribution is 2.31. The second-order valence-electron chi connectivity index (χ2n) is 6.69. The molecular weight excluding hydrogens is 370 g/mol. The normalized spacial score (nSPS) is 23.5. The van der Waals surface area contributed by atoms with Crippen LogP contribution >= 0.6 is 0 Å². The number of carbonyl (C=O) groups is 2. The van der Waals surface area contributed by atoms with Crippen LogP contribution in [0.4, 0.5) is 25.0 Å². The molecule has 2 saturated heterocycles. The van der Waals surface area contributed by atoms with Crippen molar-refractivity contribution < 1.29 is 23.1 Å². The van der Waals surface area contributed by atoms with Crippen LogP contribution < -0.4 is 15.1 Å². The quantitative estimate of drug-likeness (QED) is 0.803. The van der Waals surface area contributed by atoms with E-state index in [1.165, 1.54) is 30.2 Å². The number of nitrogens with zero attached hydrogens (tertiary/aromatic N) is 3. The molecule has 2 aliphatic heterocycles. The van der Waals surface area contributed by atoms with Gasteiger partial charge in [0.2, 0.25) is 5.91 Å². The number of hydrogen-bond donors (Lipinski definition) is 1. The van der Waals surface area contributed by atoms with Gasteiger partial charge in [0.05, 0.1) is 37.6 Å². The lowest BCUT2D eigenvalue weighted by atomic mass is 10.0. The molecule has 2 fully saturated rings. The minimum absolute atomic E-state index is 0.0256. The standard InChI is InChI=1S/C19H20F2N4O3/c1-12(26)23-9-15-10-25(19(27)28-15)14-3-4-18(16(20)7-14)24-6-5-13(8-22-2)17(21)11-24/h3-4,7-8,15,17H,5-6,9-11H2,1H3,(H,23,26)/t15-,17?/m0/s1. The first-order chi connectivity index (χ1) is 13.4. The molecule has 2 amide bonds. The van der Waals surface area contributed by atoms with Crippen LogP contribution in [0, 0.1) is 12.4 Å². The first-order valence-electron chi connectivity index (χ1n) is 8.85. The van der Waals surface area contributed by atoms with Gasteiger partial charge in [-0.15, -0.1) is 0 Å². The maximum absolute atomic E-state index is 14.7. The van der Waals surface area contributed by atoms with Gasteiger partial charge in [0.15, 0.2) is 6.20 Å². The molecule has 0 spiro atoms. The molecule has 3 rings (SSSR count). The molecule has 2 heterocycles. The van der Waals surface area contributed by atoms with Crippen molar-refractivity contribution in [3.63, 3.8) is 0 Å². The summed E-state index contributed by atoms with van der Waals surface area (Å²) in [6.45, 7) is 8.93. The Morgan fingerprint density at radius 1 is 1.46 bits per heavy atom. The molecule has 0 saturated carbocycles. The van der Waals surface area contributed by atoms with Crippen molar-refractivity contribution in [1.82, 2.24) is 5.32 Å². The van der Waals surface area contributed by atoms with Crippen LogP contribution in [0.1, 0.15) is 13.3 Å². The SMILES string of the molecule is [C-]#[N+]C=C1CCN(c2ccc(N3C[C@H](CNC(C)=O)OC3=O)cc2F)CC1F. The highest BCUT2D eigenvalue weighted by atomic mass is 19.1. The molecule has 2 aliphatic rings. The maximum atomic E-state index is 14.7. The van der Waals surface area contributed by atoms with Crippen molar-refractivity contribution >= 4 is 23.4 Å². The van der Waals surface area contributed by atoms with E-state index < -0.39 is 24.2 Å². The maximum Gasteiger partial charge on any atom is 0.414 e. The van der Waals surface area contributed by atoms with Gasteiger partial charge in [0, 0.05) is 13.5 Å². The summed E-state index contributed by atoms with van der Waals surface area (Å²) in [5.74, 6) is -0.799. The van der Waals surface area contributed by atoms with E-state index in [-0.39, 0.29) is 31.2 Å². The summed E-state index contributed by atoms with van der Waals surface area (Å²) in [4.78, 5) is 29.0. The Labute approximate surface area is 161 Å². The highest BCUT2D eigenvalue weighted by Gasteiger charge is 2.33. The Bertz CT molecular complexity index is 852. The molecule has 1 aromatic carbocycles. The summed E-state index contributed by atoms with van der Waals surface area (Å²) < 4.78 is 34.0. The smallest absolute Gasteiger partial charge is 0.414 e. The van der Waals surface area contributed by atoms with E-state index in [1.54, 1.807) is 11.0 Å². The molecule has 1 aromatic rings. The molecule has 2 atom stereocenters. The minimum Gasteiger partial charge on any atom is -0.442 e. The van der Waals surface area contributed by atoms with Gasteiger partial charge >= 0.3 is 6.09 Å². The van der Waals surface area contributed by atoms with Gasteiger partial charge in [-0.2, -0.15) is 0 Å². The number of halogens is 2. The number of anilines is 2. The van der Waals surface area contributed by atoms with E-state index in [1.807, 2.05) is 0 Å². The lowest BCUT2D eigenvalue weighted by Gasteiger charge is -2.33. The molecule has 1 unspecified atom stereocenters. The van der Waals surface area contributed by atoms with Crippen molar-refractivity contribution in [2.24, 2.45) is 0 Å². The topological polar surface area (TPSA) is 66.2 Å². The Morgan fingerprint density at radius 2 is 2.25 bits per heavy atom. The van der Waals surface area contributed by atoms with E-state index in [2.05, 4.69) is 10.2 Å². The van der Waals surface area contributed by atoms with Crippen LogP contribution in [-0.4, -0.2) is 50.5 Å². The summed E-state index contributed by atoms with van der Waals surface area (Å²) in [5, 5.41) is 2.58. The van der Waals surface area contributed by atoms with E-state index >= 15 is 0 Å². The number of alkyl halides is 1. The average molecular weight is 390 g/mol. The number of carbonyl (C=O) groups excluding carboxylic acids is 2. The lowest BCUT2D eigenvalue weighted by molar-refractivity contribution is -0.119. The van der Waals surface area contributed by atoms with E-state index in [0.717, 1.165) is 0 Å². The molecule has 0 aromatic heterocycles. The molecule has 1 N–H and O–H groups in total. The van der Waals surface area contributed by atoms with Crippen molar-refractivity contribution in [1.29, 1.82) is 0 Å². The highest BCUT2D eigenvalue weighted by molar-refractivity contribution is 5.90. The van der Waals surface area contributed by atoms with Gasteiger partial charge in [-0.25, -0.2) is 18.4 Å². The summed E-state index contributed by atoms with van der Waals surface area (Å²) in [7, 11) is 0. The number of piperidine rings is 1. The number of rotatable bonds is 4. The van der Waals surface area contributed by atoms with Gasteiger partial charge in [0.25, 0.3) is 0 Å². The summed E-state index contributed by atoms with van der Waals surface area (Å²) in [6, 6.07) is 4.31. The molecule has 0 bridgehead atoms. The second kappa shape index (κ2) is 8.25. The predicted molar refractivity (Wildman–Crippen MR) is 99.1 cm³/mol. The fourth-order valence-electron chi connectivity index (χ4n) is 3.29. The number of hydrogen-bond acceptors (Lipinski definition) is 4. The van der Waals surface area contributed by atoms with Crippen LogP contribution in [-0.2, 0) is 9.53 Å². The van der Waals surface area contributed by atoms with Crippen molar-refractivity contribution in [3.8, 4) is 0 Å². The van der Waals surface area contributed by atoms with Gasteiger partial charge < -0.3 is 15.0 Å². The zero-order valence-electron chi connectivity index (χ0n) is 15.3. The zero-order valence-corrected chi connectivity index (χ0v) is 15.3. The largest absolute Gasteiger partial charge is 0.442 e. The van der Waals surface area contributed by atoms with Gasteiger partial charge in [0.1, 0.15) is 18.1 Å². The number of ether oxygens (including phenoxy) is 1. The van der Waals surface area contributed by atoms with Crippen LogP contribution in [0.5, 0.6) is 0 Å². The molecule has 7 nitrogen and oxygen atoms in total. The van der Waals surface area contributed by atoms with Crippen LogP contribution in [0.2, 0.25) is 0 Å². The lowest BCUT2D eigenvalue weighted by Crippen LogP contribution is -2.38. The molecular formula is C19H20F2N4O3. The Balaban J connectivity index is 1.69. The molecule has 148 valence electrons. The number of nitrogens with one attached hydrogen (secondary N) is 1. The van der Waals surface area contributed by atoms with Gasteiger partial charge in [-0.05, 0) is 30.2 Å². The third-order valence-electron chi connectivity index (χ3n) is 4.72. The Hall–Kier alpha value is -3.15. The predicted octanol–water partition coefficient (Wildman–Crippen LogP) is 2.64. The average Bonchev–Trinajstić information content (AvgIpc) is 3.02. The van der Waals surface area contributed by atoms with Gasteiger partial charge in [-0.3, -0.25) is 9.69 Å². The van der Waals surface area contributed by atoms with Crippen LogP contribution in [0.25, 0.3) is 4.85 Å². The third kappa shape index (κ3) is 4.22. The summed E-state index contributed by atoms with van der Waals surface area (Å²) in [5.41, 5.74) is 1.00. The second-order valence-corrected chi connectivity index (χ2v) is 6.69. The number of amides is 2. The van der Waals surface area contributed by atoms with Gasteiger partial charge in [-0.1, -0.05) is 0 Å². The van der Waals surface area contributed by atoms with Crippen LogP contribution in [0.3, 0.4) is 0 Å². The minimum atomic E-state index is -1.31. The van der Waals surface area contributed by atoms with E-state index in [0.29, 0.717) is 24.2 Å². The zero-order chi connectivity index (χ0) is 20.3. The summed E-state index contributed by atoms with van der Waals surface area (Å²) >= 11 is 0. The third-order valence-corrected chi connectivity index (χ3v) is 4.72. The fourth-order valence-corrected chi connectivity index (χ4v) is 3.29. The van der Waals surface area contributed by atoms with Crippen molar-refractivity contribution in [2.45, 2.75) is 25.6 Å². The fraction of sp³-hybridized carbons (Fsp3) is 0.421. The van der Waals surface area contributed by atoms with Crippen LogP contribution in [0.15, 0.2) is 30.0 Å². The number of benzene rings is 1. The first-order valence-corrected chi connectivity index (χ1v) is 8.85. The van der Waals surface area contributed by atoms with E-state index in [9.17, 15) is 18.4 Å². The molecule has 0 radical (unpaired) electrons. The molecule has 0 aliphatic carbocycles. The molecule has 9 heteroatoms. The Kier molecular flexibility index (Phi) is 5.78. The number of cyclic esters (lactones) is 1. The van der Waals surface area contributed by atoms with E-state index in [4.69, 9.17) is 11.3 Å². The molecule has 28 heavy (non-hydrogen) atoms.